The number of hydrogen-bond donors (Lipinski definition) is 0. The average Bonchev–Trinajstić information content (AvgIpc) is 2.74. The van der Waals surface area contributed by atoms with Crippen molar-refractivity contribution in [2.45, 2.75) is 13.0 Å². The molecule has 0 unspecified atom stereocenters. The van der Waals surface area contributed by atoms with Crippen LogP contribution in [0, 0.1) is 0 Å². The number of benzene rings is 1. The number of ether oxygens (including phenoxy) is 1. The summed E-state index contributed by atoms with van der Waals surface area (Å²) >= 11 is 0. The predicted molar refractivity (Wildman–Crippen MR) is 102 cm³/mol. The summed E-state index contributed by atoms with van der Waals surface area (Å²) in [5, 5.41) is 0. The Balaban J connectivity index is 1.31. The maximum Gasteiger partial charge on any atom is 0.162 e. The highest BCUT2D eigenvalue weighted by atomic mass is 16.5. The van der Waals surface area contributed by atoms with Gasteiger partial charge < -0.3 is 4.74 Å². The van der Waals surface area contributed by atoms with Crippen LogP contribution in [0.1, 0.15) is 16.8 Å². The molecule has 0 amide bonds. The molecular weight excluding hydrogens is 338 g/mol. The van der Waals surface area contributed by atoms with E-state index in [9.17, 15) is 0 Å². The number of fused-ring (bicyclic) bond motifs is 2. The average molecular weight is 357 g/mol. The largest absolute Gasteiger partial charge is 0.489 e. The molecule has 134 valence electrons. The van der Waals surface area contributed by atoms with Gasteiger partial charge in [-0.15, -0.1) is 0 Å². The summed E-state index contributed by atoms with van der Waals surface area (Å²) in [6.07, 6.45) is 10.1. The third-order valence-corrected chi connectivity index (χ3v) is 4.95. The van der Waals surface area contributed by atoms with Crippen LogP contribution in [0.3, 0.4) is 0 Å². The van der Waals surface area contributed by atoms with Gasteiger partial charge in [0.15, 0.2) is 5.82 Å². The SMILES string of the molecule is C1=C(CN2CCc3nc(-c4cncnc4)ncc3C2)COc2ccccc21. The summed E-state index contributed by atoms with van der Waals surface area (Å²) in [5.41, 5.74) is 5.63. The van der Waals surface area contributed by atoms with Crippen molar-refractivity contribution in [3.05, 3.63) is 71.6 Å². The topological polar surface area (TPSA) is 64.0 Å². The van der Waals surface area contributed by atoms with Crippen LogP contribution in [-0.2, 0) is 13.0 Å². The molecule has 2 aromatic heterocycles. The fraction of sp³-hybridized carbons (Fsp3) is 0.238. The van der Waals surface area contributed by atoms with Gasteiger partial charge in [0.1, 0.15) is 18.7 Å². The molecule has 0 aliphatic carbocycles. The Kier molecular flexibility index (Phi) is 4.10. The molecule has 0 spiro atoms. The van der Waals surface area contributed by atoms with Crippen LogP contribution < -0.4 is 4.74 Å². The van der Waals surface area contributed by atoms with Crippen molar-refractivity contribution in [1.82, 2.24) is 24.8 Å². The molecule has 3 aromatic rings. The van der Waals surface area contributed by atoms with Gasteiger partial charge >= 0.3 is 0 Å². The predicted octanol–water partition coefficient (Wildman–Crippen LogP) is 2.77. The zero-order valence-electron chi connectivity index (χ0n) is 14.9. The van der Waals surface area contributed by atoms with Crippen molar-refractivity contribution in [3.8, 4) is 17.1 Å². The van der Waals surface area contributed by atoms with Gasteiger partial charge in [0.2, 0.25) is 0 Å². The first-order valence-electron chi connectivity index (χ1n) is 9.09. The van der Waals surface area contributed by atoms with E-state index in [2.05, 4.69) is 32.0 Å². The van der Waals surface area contributed by atoms with Gasteiger partial charge in [-0.3, -0.25) is 4.90 Å². The quantitative estimate of drug-likeness (QED) is 0.718. The minimum absolute atomic E-state index is 0.657. The first-order valence-corrected chi connectivity index (χ1v) is 9.09. The van der Waals surface area contributed by atoms with E-state index in [0.29, 0.717) is 12.4 Å². The Morgan fingerprint density at radius 2 is 1.96 bits per heavy atom. The molecule has 1 aromatic carbocycles. The number of rotatable bonds is 3. The second kappa shape index (κ2) is 6.89. The maximum atomic E-state index is 5.88. The Bertz CT molecular complexity index is 1000. The Morgan fingerprint density at radius 1 is 1.07 bits per heavy atom. The van der Waals surface area contributed by atoms with E-state index >= 15 is 0 Å². The van der Waals surface area contributed by atoms with E-state index in [1.54, 1.807) is 12.4 Å². The van der Waals surface area contributed by atoms with Crippen LogP contribution in [-0.4, -0.2) is 44.5 Å². The molecular formula is C21H19N5O. The lowest BCUT2D eigenvalue weighted by Crippen LogP contribution is -2.34. The van der Waals surface area contributed by atoms with E-state index < -0.39 is 0 Å². The van der Waals surface area contributed by atoms with Crippen molar-refractivity contribution in [1.29, 1.82) is 0 Å². The lowest BCUT2D eigenvalue weighted by atomic mass is 10.0. The summed E-state index contributed by atoms with van der Waals surface area (Å²) in [4.78, 5) is 19.8. The summed E-state index contributed by atoms with van der Waals surface area (Å²) in [5.74, 6) is 1.67. The summed E-state index contributed by atoms with van der Waals surface area (Å²) in [6.45, 7) is 3.40. The molecule has 0 N–H and O–H groups in total. The summed E-state index contributed by atoms with van der Waals surface area (Å²) in [7, 11) is 0. The Labute approximate surface area is 157 Å². The van der Waals surface area contributed by atoms with Crippen molar-refractivity contribution in [2.75, 3.05) is 19.7 Å². The number of aromatic nitrogens is 4. The molecule has 0 bridgehead atoms. The molecule has 6 nitrogen and oxygen atoms in total. The fourth-order valence-electron chi connectivity index (χ4n) is 3.60. The molecule has 0 fully saturated rings. The first-order chi connectivity index (χ1) is 13.3. The van der Waals surface area contributed by atoms with Crippen LogP contribution in [0.2, 0.25) is 0 Å². The number of hydrogen-bond acceptors (Lipinski definition) is 6. The fourth-order valence-corrected chi connectivity index (χ4v) is 3.60. The third-order valence-electron chi connectivity index (χ3n) is 4.95. The Morgan fingerprint density at radius 3 is 2.89 bits per heavy atom. The van der Waals surface area contributed by atoms with E-state index in [0.717, 1.165) is 48.6 Å². The van der Waals surface area contributed by atoms with Gasteiger partial charge in [0.25, 0.3) is 0 Å². The van der Waals surface area contributed by atoms with Crippen LogP contribution >= 0.6 is 0 Å². The van der Waals surface area contributed by atoms with Gasteiger partial charge in [0, 0.05) is 55.8 Å². The van der Waals surface area contributed by atoms with Gasteiger partial charge in [-0.05, 0) is 17.7 Å². The van der Waals surface area contributed by atoms with Crippen LogP contribution in [0.5, 0.6) is 5.75 Å². The highest BCUT2D eigenvalue weighted by Gasteiger charge is 2.21. The summed E-state index contributed by atoms with van der Waals surface area (Å²) in [6, 6.07) is 8.18. The van der Waals surface area contributed by atoms with Gasteiger partial charge in [-0.1, -0.05) is 18.2 Å². The van der Waals surface area contributed by atoms with Gasteiger partial charge in [-0.2, -0.15) is 0 Å². The highest BCUT2D eigenvalue weighted by Crippen LogP contribution is 2.27. The van der Waals surface area contributed by atoms with E-state index in [4.69, 9.17) is 9.72 Å². The molecule has 0 saturated carbocycles. The van der Waals surface area contributed by atoms with Crippen molar-refractivity contribution in [3.63, 3.8) is 0 Å². The lowest BCUT2D eigenvalue weighted by molar-refractivity contribution is 0.255. The minimum atomic E-state index is 0.657. The van der Waals surface area contributed by atoms with Gasteiger partial charge in [0.05, 0.1) is 11.3 Å². The minimum Gasteiger partial charge on any atom is -0.489 e. The first kappa shape index (κ1) is 16.1. The molecule has 2 aliphatic rings. The third kappa shape index (κ3) is 3.31. The smallest absolute Gasteiger partial charge is 0.162 e. The highest BCUT2D eigenvalue weighted by molar-refractivity contribution is 5.62. The van der Waals surface area contributed by atoms with Crippen LogP contribution in [0.15, 0.2) is 54.8 Å². The molecule has 5 rings (SSSR count). The molecule has 27 heavy (non-hydrogen) atoms. The van der Waals surface area contributed by atoms with Crippen molar-refractivity contribution >= 4 is 6.08 Å². The second-order valence-electron chi connectivity index (χ2n) is 6.88. The normalized spacial score (nSPS) is 16.1. The number of nitrogens with zero attached hydrogens (tertiary/aromatic N) is 5. The zero-order chi connectivity index (χ0) is 18.1. The van der Waals surface area contributed by atoms with E-state index in [-0.39, 0.29) is 0 Å². The molecule has 6 heteroatoms. The number of para-hydroxylation sites is 1. The monoisotopic (exact) mass is 357 g/mol. The maximum absolute atomic E-state index is 5.88. The Hall–Kier alpha value is -3.12. The molecule has 0 radical (unpaired) electrons. The van der Waals surface area contributed by atoms with Gasteiger partial charge in [-0.25, -0.2) is 19.9 Å². The second-order valence-corrected chi connectivity index (χ2v) is 6.88. The van der Waals surface area contributed by atoms with Crippen LogP contribution in [0.4, 0.5) is 0 Å². The van der Waals surface area contributed by atoms with E-state index in [1.165, 1.54) is 17.5 Å². The lowest BCUT2D eigenvalue weighted by Gasteiger charge is -2.30. The van der Waals surface area contributed by atoms with Crippen LogP contribution in [0.25, 0.3) is 17.5 Å². The summed E-state index contributed by atoms with van der Waals surface area (Å²) < 4.78 is 5.88. The molecule has 0 atom stereocenters. The van der Waals surface area contributed by atoms with E-state index in [1.807, 2.05) is 24.4 Å². The standard InChI is InChI=1S/C21H19N5O/c1-2-4-20-16(3-1)7-15(13-27-20)11-26-6-5-19-18(12-26)10-24-21(25-19)17-8-22-14-23-9-17/h1-4,7-10,14H,5-6,11-13H2. The van der Waals surface area contributed by atoms with Crippen molar-refractivity contribution in [2.24, 2.45) is 0 Å². The zero-order valence-corrected chi connectivity index (χ0v) is 14.9. The molecule has 0 saturated heterocycles. The molecule has 4 heterocycles. The van der Waals surface area contributed by atoms with Crippen molar-refractivity contribution < 1.29 is 4.74 Å². The molecule has 2 aliphatic heterocycles.